The summed E-state index contributed by atoms with van der Waals surface area (Å²) in [6.07, 6.45) is 1.55. The van der Waals surface area contributed by atoms with E-state index < -0.39 is 0 Å². The summed E-state index contributed by atoms with van der Waals surface area (Å²) in [5, 5.41) is 2.78. The first-order valence-electron chi connectivity index (χ1n) is 6.32. The molecule has 0 saturated carbocycles. The van der Waals surface area contributed by atoms with Crippen molar-refractivity contribution in [1.29, 1.82) is 0 Å². The van der Waals surface area contributed by atoms with Crippen molar-refractivity contribution in [3.63, 3.8) is 0 Å². The Labute approximate surface area is 118 Å². The van der Waals surface area contributed by atoms with Crippen LogP contribution in [-0.2, 0) is 6.54 Å². The van der Waals surface area contributed by atoms with Crippen molar-refractivity contribution < 1.29 is 4.79 Å². The summed E-state index contributed by atoms with van der Waals surface area (Å²) in [6.45, 7) is 0.863. The number of nitrogens with zero attached hydrogens (tertiary/aromatic N) is 2. The molecule has 0 aliphatic rings. The highest BCUT2D eigenvalue weighted by atomic mass is 16.1. The number of pyridine rings is 1. The summed E-state index contributed by atoms with van der Waals surface area (Å²) in [5.74, 6) is -0.302. The van der Waals surface area contributed by atoms with Crippen LogP contribution in [0.4, 0.5) is 11.4 Å². The number of amides is 1. The molecule has 0 spiro atoms. The molecular weight excluding hydrogens is 252 g/mol. The molecule has 1 heterocycles. The van der Waals surface area contributed by atoms with E-state index in [9.17, 15) is 4.79 Å². The number of nitrogens with one attached hydrogen (secondary N) is 1. The van der Waals surface area contributed by atoms with Crippen LogP contribution in [0.2, 0.25) is 0 Å². The molecule has 2 rings (SSSR count). The zero-order chi connectivity index (χ0) is 14.5. The molecule has 0 fully saturated rings. The molecule has 0 radical (unpaired) electrons. The Kier molecular flexibility index (Phi) is 4.32. The fourth-order valence-corrected chi connectivity index (χ4v) is 1.86. The largest absolute Gasteiger partial charge is 0.397 e. The van der Waals surface area contributed by atoms with Gasteiger partial charge in [0.2, 0.25) is 0 Å². The molecule has 0 aliphatic carbocycles. The summed E-state index contributed by atoms with van der Waals surface area (Å²) >= 11 is 0. The molecule has 0 atom stereocenters. The molecule has 3 N–H and O–H groups in total. The van der Waals surface area contributed by atoms with Gasteiger partial charge in [-0.05, 0) is 43.9 Å². The van der Waals surface area contributed by atoms with Gasteiger partial charge in [0.15, 0.2) is 5.69 Å². The van der Waals surface area contributed by atoms with Crippen LogP contribution in [0, 0.1) is 0 Å². The van der Waals surface area contributed by atoms with Crippen molar-refractivity contribution in [3.05, 3.63) is 53.9 Å². The van der Waals surface area contributed by atoms with Gasteiger partial charge in [0.05, 0.1) is 5.69 Å². The minimum atomic E-state index is -0.302. The zero-order valence-electron chi connectivity index (χ0n) is 11.6. The van der Waals surface area contributed by atoms with E-state index in [2.05, 4.69) is 15.2 Å². The quantitative estimate of drug-likeness (QED) is 0.891. The van der Waals surface area contributed by atoms with Crippen molar-refractivity contribution in [2.24, 2.45) is 0 Å². The van der Waals surface area contributed by atoms with E-state index in [0.29, 0.717) is 5.69 Å². The predicted molar refractivity (Wildman–Crippen MR) is 80.4 cm³/mol. The summed E-state index contributed by atoms with van der Waals surface area (Å²) in [4.78, 5) is 18.1. The molecule has 2 aromatic rings. The Balaban J connectivity index is 2.07. The van der Waals surface area contributed by atoms with E-state index in [0.717, 1.165) is 12.2 Å². The van der Waals surface area contributed by atoms with Crippen molar-refractivity contribution in [2.45, 2.75) is 6.54 Å². The third-order valence-corrected chi connectivity index (χ3v) is 2.76. The molecule has 0 bridgehead atoms. The summed E-state index contributed by atoms with van der Waals surface area (Å²) in [7, 11) is 4.03. The van der Waals surface area contributed by atoms with Crippen LogP contribution in [0.1, 0.15) is 16.1 Å². The number of hydrogen-bond donors (Lipinski definition) is 2. The minimum Gasteiger partial charge on any atom is -0.397 e. The third kappa shape index (κ3) is 3.55. The fraction of sp³-hybridized carbons (Fsp3) is 0.200. The smallest absolute Gasteiger partial charge is 0.276 e. The number of rotatable bonds is 4. The van der Waals surface area contributed by atoms with Crippen LogP contribution in [0.5, 0.6) is 0 Å². The van der Waals surface area contributed by atoms with E-state index >= 15 is 0 Å². The molecule has 20 heavy (non-hydrogen) atoms. The SMILES string of the molecule is CN(C)Cc1ccc(NC(=O)c2ncccc2N)cc1. The number of nitrogen functional groups attached to an aromatic ring is 1. The van der Waals surface area contributed by atoms with Crippen molar-refractivity contribution in [3.8, 4) is 0 Å². The van der Waals surface area contributed by atoms with Gasteiger partial charge in [-0.2, -0.15) is 0 Å². The van der Waals surface area contributed by atoms with Crippen LogP contribution in [-0.4, -0.2) is 29.9 Å². The maximum atomic E-state index is 12.0. The number of carbonyl (C=O) groups excluding carboxylic acids is 1. The maximum Gasteiger partial charge on any atom is 0.276 e. The van der Waals surface area contributed by atoms with E-state index in [1.54, 1.807) is 18.3 Å². The zero-order valence-corrected chi connectivity index (χ0v) is 11.6. The molecule has 1 aromatic heterocycles. The van der Waals surface area contributed by atoms with Crippen molar-refractivity contribution in [1.82, 2.24) is 9.88 Å². The van der Waals surface area contributed by atoms with E-state index in [4.69, 9.17) is 5.73 Å². The van der Waals surface area contributed by atoms with Gasteiger partial charge in [-0.25, -0.2) is 4.98 Å². The molecule has 0 unspecified atom stereocenters. The molecule has 5 nitrogen and oxygen atoms in total. The monoisotopic (exact) mass is 270 g/mol. The van der Waals surface area contributed by atoms with Gasteiger partial charge in [0.25, 0.3) is 5.91 Å². The van der Waals surface area contributed by atoms with Crippen molar-refractivity contribution in [2.75, 3.05) is 25.1 Å². The summed E-state index contributed by atoms with van der Waals surface area (Å²) < 4.78 is 0. The Morgan fingerprint density at radius 3 is 2.55 bits per heavy atom. The lowest BCUT2D eigenvalue weighted by atomic mass is 10.2. The van der Waals surface area contributed by atoms with Crippen LogP contribution >= 0.6 is 0 Å². The Morgan fingerprint density at radius 1 is 1.25 bits per heavy atom. The lowest BCUT2D eigenvalue weighted by molar-refractivity contribution is 0.102. The Morgan fingerprint density at radius 2 is 1.95 bits per heavy atom. The molecule has 1 amide bonds. The second-order valence-corrected chi connectivity index (χ2v) is 4.83. The highest BCUT2D eigenvalue weighted by Gasteiger charge is 2.10. The molecule has 0 saturated heterocycles. The second-order valence-electron chi connectivity index (χ2n) is 4.83. The first-order valence-corrected chi connectivity index (χ1v) is 6.32. The Hall–Kier alpha value is -2.40. The minimum absolute atomic E-state index is 0.241. The summed E-state index contributed by atoms with van der Waals surface area (Å²) in [6, 6.07) is 11.1. The topological polar surface area (TPSA) is 71.2 Å². The van der Waals surface area contributed by atoms with Gasteiger partial charge in [-0.15, -0.1) is 0 Å². The number of nitrogens with two attached hydrogens (primary N) is 1. The molecular formula is C15H18N4O. The standard InChI is InChI=1S/C15H18N4O/c1-19(2)10-11-5-7-12(8-6-11)18-15(20)14-13(16)4-3-9-17-14/h3-9H,10,16H2,1-2H3,(H,18,20). The molecule has 5 heteroatoms. The molecule has 0 aliphatic heterocycles. The Bertz CT molecular complexity index is 593. The predicted octanol–water partition coefficient (Wildman–Crippen LogP) is 1.98. The van der Waals surface area contributed by atoms with Crippen LogP contribution in [0.3, 0.4) is 0 Å². The third-order valence-electron chi connectivity index (χ3n) is 2.76. The lowest BCUT2D eigenvalue weighted by Crippen LogP contribution is -2.16. The van der Waals surface area contributed by atoms with Gasteiger partial charge >= 0.3 is 0 Å². The van der Waals surface area contributed by atoms with E-state index in [1.165, 1.54) is 5.56 Å². The van der Waals surface area contributed by atoms with Gasteiger partial charge in [-0.3, -0.25) is 4.79 Å². The van der Waals surface area contributed by atoms with E-state index in [-0.39, 0.29) is 11.6 Å². The van der Waals surface area contributed by atoms with Gasteiger partial charge in [0, 0.05) is 18.4 Å². The average Bonchev–Trinajstić information content (AvgIpc) is 2.41. The number of anilines is 2. The van der Waals surface area contributed by atoms with Crippen LogP contribution in [0.25, 0.3) is 0 Å². The second kappa shape index (κ2) is 6.16. The number of benzene rings is 1. The molecule has 1 aromatic carbocycles. The van der Waals surface area contributed by atoms with Crippen molar-refractivity contribution >= 4 is 17.3 Å². The maximum absolute atomic E-state index is 12.0. The number of carbonyl (C=O) groups is 1. The summed E-state index contributed by atoms with van der Waals surface area (Å²) in [5.41, 5.74) is 8.25. The fourth-order valence-electron chi connectivity index (χ4n) is 1.86. The number of aromatic nitrogens is 1. The highest BCUT2D eigenvalue weighted by Crippen LogP contribution is 2.14. The first kappa shape index (κ1) is 14.0. The average molecular weight is 270 g/mol. The van der Waals surface area contributed by atoms with Gasteiger partial charge in [0.1, 0.15) is 0 Å². The lowest BCUT2D eigenvalue weighted by Gasteiger charge is -2.11. The van der Waals surface area contributed by atoms with Gasteiger partial charge < -0.3 is 16.0 Å². The highest BCUT2D eigenvalue weighted by molar-refractivity contribution is 6.06. The van der Waals surface area contributed by atoms with E-state index in [1.807, 2.05) is 38.4 Å². The normalized spacial score (nSPS) is 10.6. The first-order chi connectivity index (χ1) is 9.56. The van der Waals surface area contributed by atoms with Crippen LogP contribution < -0.4 is 11.1 Å². The van der Waals surface area contributed by atoms with Crippen LogP contribution in [0.15, 0.2) is 42.6 Å². The number of hydrogen-bond acceptors (Lipinski definition) is 4. The van der Waals surface area contributed by atoms with Gasteiger partial charge in [-0.1, -0.05) is 12.1 Å². The molecule has 104 valence electrons.